The van der Waals surface area contributed by atoms with Crippen LogP contribution < -0.4 is 5.32 Å². The molecule has 0 aromatic heterocycles. The lowest BCUT2D eigenvalue weighted by molar-refractivity contribution is 0.269. The zero-order valence-electron chi connectivity index (χ0n) is 8.40. The van der Waals surface area contributed by atoms with Gasteiger partial charge in [0, 0.05) is 6.04 Å². The van der Waals surface area contributed by atoms with Gasteiger partial charge in [-0.3, -0.25) is 0 Å². The first-order valence-electron chi connectivity index (χ1n) is 5.44. The van der Waals surface area contributed by atoms with Gasteiger partial charge in [-0.2, -0.15) is 0 Å². The SMILES string of the molecule is CC(NCC1CCC1)C1(C)CC1. The average Bonchev–Trinajstić information content (AvgIpc) is 2.66. The van der Waals surface area contributed by atoms with Crippen molar-refractivity contribution >= 4 is 0 Å². The Morgan fingerprint density at radius 2 is 2.08 bits per heavy atom. The van der Waals surface area contributed by atoms with Gasteiger partial charge in [0.05, 0.1) is 0 Å². The Hall–Kier alpha value is -0.0400. The summed E-state index contributed by atoms with van der Waals surface area (Å²) in [7, 11) is 0. The molecular formula is C11H21N. The number of nitrogens with one attached hydrogen (secondary N) is 1. The van der Waals surface area contributed by atoms with Crippen molar-refractivity contribution in [3.63, 3.8) is 0 Å². The van der Waals surface area contributed by atoms with Crippen LogP contribution in [-0.4, -0.2) is 12.6 Å². The molecule has 2 rings (SSSR count). The summed E-state index contributed by atoms with van der Waals surface area (Å²) < 4.78 is 0. The van der Waals surface area contributed by atoms with Gasteiger partial charge in [-0.15, -0.1) is 0 Å². The molecule has 2 aliphatic carbocycles. The highest BCUT2D eigenvalue weighted by molar-refractivity contribution is 4.96. The molecule has 0 aromatic rings. The summed E-state index contributed by atoms with van der Waals surface area (Å²) in [6.07, 6.45) is 7.28. The van der Waals surface area contributed by atoms with E-state index in [2.05, 4.69) is 19.2 Å². The van der Waals surface area contributed by atoms with E-state index in [1.165, 1.54) is 38.6 Å². The van der Waals surface area contributed by atoms with Crippen molar-refractivity contribution in [1.82, 2.24) is 5.32 Å². The second kappa shape index (κ2) is 3.02. The van der Waals surface area contributed by atoms with E-state index in [1.807, 2.05) is 0 Å². The van der Waals surface area contributed by atoms with Gasteiger partial charge in [-0.05, 0) is 50.5 Å². The molecule has 0 spiro atoms. The number of rotatable bonds is 4. The van der Waals surface area contributed by atoms with Crippen LogP contribution in [0.3, 0.4) is 0 Å². The molecular weight excluding hydrogens is 146 g/mol. The lowest BCUT2D eigenvalue weighted by atomic mass is 9.85. The van der Waals surface area contributed by atoms with Crippen molar-refractivity contribution in [1.29, 1.82) is 0 Å². The fourth-order valence-corrected chi connectivity index (χ4v) is 1.92. The Labute approximate surface area is 75.9 Å². The summed E-state index contributed by atoms with van der Waals surface area (Å²) >= 11 is 0. The smallest absolute Gasteiger partial charge is 0.00926 e. The lowest BCUT2D eigenvalue weighted by Crippen LogP contribution is -2.38. The van der Waals surface area contributed by atoms with E-state index in [9.17, 15) is 0 Å². The van der Waals surface area contributed by atoms with Gasteiger partial charge in [0.15, 0.2) is 0 Å². The van der Waals surface area contributed by atoms with Gasteiger partial charge in [-0.1, -0.05) is 13.3 Å². The molecule has 1 N–H and O–H groups in total. The Balaban J connectivity index is 1.65. The maximum absolute atomic E-state index is 3.69. The summed E-state index contributed by atoms with van der Waals surface area (Å²) in [4.78, 5) is 0. The van der Waals surface area contributed by atoms with Crippen LogP contribution >= 0.6 is 0 Å². The summed E-state index contributed by atoms with van der Waals surface area (Å²) in [6, 6.07) is 0.748. The third kappa shape index (κ3) is 1.66. The Bertz CT molecular complexity index is 156. The van der Waals surface area contributed by atoms with Gasteiger partial charge in [-0.25, -0.2) is 0 Å². The second-order valence-electron chi connectivity index (χ2n) is 5.08. The third-order valence-electron chi connectivity index (χ3n) is 4.02. The monoisotopic (exact) mass is 167 g/mol. The lowest BCUT2D eigenvalue weighted by Gasteiger charge is -2.29. The van der Waals surface area contributed by atoms with Crippen LogP contribution in [0.1, 0.15) is 46.0 Å². The first-order valence-corrected chi connectivity index (χ1v) is 5.44. The van der Waals surface area contributed by atoms with Crippen LogP contribution in [0.15, 0.2) is 0 Å². The largest absolute Gasteiger partial charge is 0.313 e. The van der Waals surface area contributed by atoms with Crippen molar-refractivity contribution in [3.05, 3.63) is 0 Å². The zero-order chi connectivity index (χ0) is 8.60. The summed E-state index contributed by atoms with van der Waals surface area (Å²) in [5.74, 6) is 1.01. The topological polar surface area (TPSA) is 12.0 Å². The zero-order valence-corrected chi connectivity index (χ0v) is 8.40. The predicted octanol–water partition coefficient (Wildman–Crippen LogP) is 2.56. The minimum Gasteiger partial charge on any atom is -0.313 e. The van der Waals surface area contributed by atoms with Crippen molar-refractivity contribution in [3.8, 4) is 0 Å². The van der Waals surface area contributed by atoms with Crippen molar-refractivity contribution in [2.75, 3.05) is 6.54 Å². The fraction of sp³-hybridized carbons (Fsp3) is 1.00. The molecule has 0 aromatic carbocycles. The second-order valence-corrected chi connectivity index (χ2v) is 5.08. The van der Waals surface area contributed by atoms with Gasteiger partial charge < -0.3 is 5.32 Å². The first-order chi connectivity index (χ1) is 5.71. The Morgan fingerprint density at radius 3 is 2.50 bits per heavy atom. The number of hydrogen-bond acceptors (Lipinski definition) is 1. The molecule has 0 bridgehead atoms. The van der Waals surface area contributed by atoms with E-state index in [4.69, 9.17) is 0 Å². The van der Waals surface area contributed by atoms with Crippen molar-refractivity contribution < 1.29 is 0 Å². The molecule has 0 saturated heterocycles. The van der Waals surface area contributed by atoms with Gasteiger partial charge in [0.25, 0.3) is 0 Å². The highest BCUT2D eigenvalue weighted by Crippen LogP contribution is 2.48. The first kappa shape index (κ1) is 8.55. The van der Waals surface area contributed by atoms with Gasteiger partial charge in [0.1, 0.15) is 0 Å². The van der Waals surface area contributed by atoms with Crippen LogP contribution in [0, 0.1) is 11.3 Å². The molecule has 0 aliphatic heterocycles. The summed E-state index contributed by atoms with van der Waals surface area (Å²) in [6.45, 7) is 6.04. The standard InChI is InChI=1S/C11H21N/c1-9(11(2)6-7-11)12-8-10-4-3-5-10/h9-10,12H,3-8H2,1-2H3. The van der Waals surface area contributed by atoms with E-state index in [-0.39, 0.29) is 0 Å². The van der Waals surface area contributed by atoms with Gasteiger partial charge in [0.2, 0.25) is 0 Å². The highest BCUT2D eigenvalue weighted by Gasteiger charge is 2.42. The Morgan fingerprint density at radius 1 is 1.42 bits per heavy atom. The maximum atomic E-state index is 3.69. The third-order valence-corrected chi connectivity index (χ3v) is 4.02. The molecule has 2 aliphatic rings. The predicted molar refractivity (Wildman–Crippen MR) is 52.1 cm³/mol. The molecule has 12 heavy (non-hydrogen) atoms. The summed E-state index contributed by atoms with van der Waals surface area (Å²) in [5, 5.41) is 3.69. The van der Waals surface area contributed by atoms with E-state index < -0.39 is 0 Å². The minimum atomic E-state index is 0.656. The van der Waals surface area contributed by atoms with Gasteiger partial charge >= 0.3 is 0 Å². The van der Waals surface area contributed by atoms with Crippen molar-refractivity contribution in [2.24, 2.45) is 11.3 Å². The van der Waals surface area contributed by atoms with Crippen LogP contribution in [0.25, 0.3) is 0 Å². The van der Waals surface area contributed by atoms with Crippen LogP contribution in [0.5, 0.6) is 0 Å². The van der Waals surface area contributed by atoms with E-state index in [1.54, 1.807) is 0 Å². The minimum absolute atomic E-state index is 0.656. The fourth-order valence-electron chi connectivity index (χ4n) is 1.92. The Kier molecular flexibility index (Phi) is 2.16. The molecule has 0 heterocycles. The normalized spacial score (nSPS) is 29.5. The van der Waals surface area contributed by atoms with E-state index in [0.717, 1.165) is 12.0 Å². The molecule has 2 saturated carbocycles. The van der Waals surface area contributed by atoms with Crippen LogP contribution in [0.2, 0.25) is 0 Å². The van der Waals surface area contributed by atoms with Crippen LogP contribution in [-0.2, 0) is 0 Å². The summed E-state index contributed by atoms with van der Waals surface area (Å²) in [5.41, 5.74) is 0.656. The molecule has 0 radical (unpaired) electrons. The average molecular weight is 167 g/mol. The highest BCUT2D eigenvalue weighted by atomic mass is 14.9. The molecule has 1 heteroatoms. The number of hydrogen-bond donors (Lipinski definition) is 1. The molecule has 0 amide bonds. The molecule has 70 valence electrons. The van der Waals surface area contributed by atoms with E-state index >= 15 is 0 Å². The molecule has 2 fully saturated rings. The van der Waals surface area contributed by atoms with E-state index in [0.29, 0.717) is 5.41 Å². The van der Waals surface area contributed by atoms with Crippen LogP contribution in [0.4, 0.5) is 0 Å². The maximum Gasteiger partial charge on any atom is 0.00926 e. The van der Waals surface area contributed by atoms with Crippen molar-refractivity contribution in [2.45, 2.75) is 52.0 Å². The molecule has 1 unspecified atom stereocenters. The molecule has 1 nitrogen and oxygen atoms in total. The molecule has 1 atom stereocenters. The quantitative estimate of drug-likeness (QED) is 0.678.